The quantitative estimate of drug-likeness (QED) is 0.170. The molecule has 0 amide bonds. The summed E-state index contributed by atoms with van der Waals surface area (Å²) in [6, 6.07) is 103. The summed E-state index contributed by atoms with van der Waals surface area (Å²) >= 11 is 1.88. The van der Waals surface area contributed by atoms with Gasteiger partial charge in [-0.2, -0.15) is 0 Å². The number of nitrogens with zero attached hydrogens (tertiary/aromatic N) is 2. The van der Waals surface area contributed by atoms with Gasteiger partial charge in [-0.15, -0.1) is 11.3 Å². The Balaban J connectivity index is 1.08. The highest BCUT2D eigenvalue weighted by Gasteiger charge is 2.28. The van der Waals surface area contributed by atoms with Gasteiger partial charge in [0.15, 0.2) is 0 Å². The van der Waals surface area contributed by atoms with E-state index in [1.54, 1.807) is 0 Å². The van der Waals surface area contributed by atoms with Gasteiger partial charge in [-0.25, -0.2) is 0 Å². The zero-order valence-electron chi connectivity index (χ0n) is 40.9. The van der Waals surface area contributed by atoms with E-state index in [4.69, 9.17) is 0 Å². The summed E-state index contributed by atoms with van der Waals surface area (Å²) in [4.78, 5) is 4.92. The van der Waals surface area contributed by atoms with Crippen molar-refractivity contribution in [3.63, 3.8) is 0 Å². The Morgan fingerprint density at radius 1 is 0.253 bits per heavy atom. The summed E-state index contributed by atoms with van der Waals surface area (Å²) in [6.07, 6.45) is 0. The lowest BCUT2D eigenvalue weighted by Gasteiger charge is -2.29. The zero-order valence-corrected chi connectivity index (χ0v) is 41.7. The maximum Gasteiger partial charge on any atom is 0.0540 e. The minimum absolute atomic E-state index is 1.06. The Kier molecular flexibility index (Phi) is 10.1. The van der Waals surface area contributed by atoms with Crippen LogP contribution in [0.1, 0.15) is 0 Å². The molecule has 0 N–H and O–H groups in total. The molecule has 350 valence electrons. The monoisotopic (exact) mass is 970 g/mol. The summed E-state index contributed by atoms with van der Waals surface area (Å²) in [5.74, 6) is 0. The number of anilines is 6. The average molecular weight is 971 g/mol. The molecule has 0 saturated carbocycles. The molecule has 0 fully saturated rings. The van der Waals surface area contributed by atoms with Gasteiger partial charge in [0.2, 0.25) is 0 Å². The third-order valence-electron chi connectivity index (χ3n) is 15.4. The van der Waals surface area contributed by atoms with E-state index in [-0.39, 0.29) is 0 Å². The van der Waals surface area contributed by atoms with Crippen LogP contribution in [-0.2, 0) is 0 Å². The van der Waals surface area contributed by atoms with Crippen molar-refractivity contribution in [2.75, 3.05) is 9.80 Å². The molecule has 0 aliphatic carbocycles. The largest absolute Gasteiger partial charge is 0.310 e. The van der Waals surface area contributed by atoms with E-state index >= 15 is 0 Å². The fourth-order valence-corrected chi connectivity index (χ4v) is 13.2. The lowest BCUT2D eigenvalue weighted by atomic mass is 9.92. The number of thiophene rings is 1. The van der Waals surface area contributed by atoms with Crippen LogP contribution in [0, 0.1) is 0 Å². The minimum Gasteiger partial charge on any atom is -0.310 e. The normalized spacial score (nSPS) is 12.0. The standard InChI is InChI=1S/C72H46N2S/c1-3-21-47(22-4-1)51-25-13-17-35-68(51)73(50-39-41-58-60-32-14-18-36-69(60)74(48-23-5-2-6-24-48)70-37-19-15-33-61(70)64(58)44-50)49-40-42-59-63(43-49)56-30-11-9-28-54(56)52-26-7-8-27-53(52)55-29-10-12-31-57(55)66-46-72-67(45-65(59)66)62-34-16-20-38-71(62)75-72/h1-46H. The van der Waals surface area contributed by atoms with Crippen molar-refractivity contribution < 1.29 is 0 Å². The van der Waals surface area contributed by atoms with Crippen LogP contribution in [0.5, 0.6) is 0 Å². The van der Waals surface area contributed by atoms with Gasteiger partial charge in [-0.1, -0.05) is 206 Å². The molecule has 14 aromatic rings. The SMILES string of the molecule is c1ccc(-c2ccccc2N(c2ccc3c(c2)-c2ccccc2N(c2ccccc2)c2ccccc2-3)c2ccc3c(c2)c2ccccc2c2ccccc2c2ccccc2c2cc4sc5ccccc5c4cc32)cc1. The van der Waals surface area contributed by atoms with Crippen LogP contribution in [0.3, 0.4) is 0 Å². The number of hydrogen-bond donors (Lipinski definition) is 0. The van der Waals surface area contributed by atoms with Crippen molar-refractivity contribution in [1.82, 2.24) is 0 Å². The van der Waals surface area contributed by atoms with E-state index in [1.807, 2.05) is 11.3 Å². The van der Waals surface area contributed by atoms with E-state index in [0.717, 1.165) is 45.3 Å². The highest BCUT2D eigenvalue weighted by molar-refractivity contribution is 7.25. The van der Waals surface area contributed by atoms with Crippen molar-refractivity contribution in [3.05, 3.63) is 279 Å². The molecule has 15 rings (SSSR count). The lowest BCUT2D eigenvalue weighted by Crippen LogP contribution is -2.11. The second-order valence-corrected chi connectivity index (χ2v) is 20.6. The Morgan fingerprint density at radius 3 is 1.36 bits per heavy atom. The topological polar surface area (TPSA) is 6.48 Å². The smallest absolute Gasteiger partial charge is 0.0540 e. The third-order valence-corrected chi connectivity index (χ3v) is 16.5. The van der Waals surface area contributed by atoms with Crippen molar-refractivity contribution in [3.8, 4) is 33.4 Å². The molecule has 1 aliphatic rings. The van der Waals surface area contributed by atoms with Crippen molar-refractivity contribution in [2.45, 2.75) is 0 Å². The Labute approximate surface area is 439 Å². The van der Waals surface area contributed by atoms with Crippen LogP contribution in [0.15, 0.2) is 279 Å². The molecule has 0 unspecified atom stereocenters. The molecule has 0 saturated heterocycles. The summed E-state index contributed by atoms with van der Waals surface area (Å²) in [6.45, 7) is 0. The first kappa shape index (κ1) is 43.1. The van der Waals surface area contributed by atoms with Crippen LogP contribution >= 0.6 is 11.3 Å². The Morgan fingerprint density at radius 2 is 0.707 bits per heavy atom. The number of fused-ring (bicyclic) bond motifs is 18. The molecule has 13 aromatic carbocycles. The molecule has 0 bridgehead atoms. The summed E-state index contributed by atoms with van der Waals surface area (Å²) in [5.41, 5.74) is 13.7. The van der Waals surface area contributed by atoms with Gasteiger partial charge in [0.05, 0.1) is 17.1 Å². The Bertz CT molecular complexity index is 4670. The third kappa shape index (κ3) is 7.01. The first-order valence-corrected chi connectivity index (χ1v) is 26.6. The molecule has 2 nitrogen and oxygen atoms in total. The van der Waals surface area contributed by atoms with Crippen LogP contribution in [0.4, 0.5) is 34.1 Å². The molecule has 0 atom stereocenters. The van der Waals surface area contributed by atoms with E-state index < -0.39 is 0 Å². The van der Waals surface area contributed by atoms with E-state index in [1.165, 1.54) is 96.3 Å². The first-order chi connectivity index (χ1) is 37.2. The van der Waals surface area contributed by atoms with Crippen molar-refractivity contribution in [1.29, 1.82) is 0 Å². The number of rotatable bonds is 5. The summed E-state index contributed by atoms with van der Waals surface area (Å²) in [7, 11) is 0. The van der Waals surface area contributed by atoms with Gasteiger partial charge in [0, 0.05) is 53.9 Å². The maximum absolute atomic E-state index is 2.50. The van der Waals surface area contributed by atoms with Crippen molar-refractivity contribution in [2.24, 2.45) is 0 Å². The maximum atomic E-state index is 2.50. The molecule has 3 heteroatoms. The van der Waals surface area contributed by atoms with Gasteiger partial charge in [-0.3, -0.25) is 0 Å². The zero-order chi connectivity index (χ0) is 49.4. The van der Waals surface area contributed by atoms with Crippen LogP contribution in [0.25, 0.3) is 107 Å². The average Bonchev–Trinajstić information content (AvgIpc) is 3.79. The summed E-state index contributed by atoms with van der Waals surface area (Å²) in [5, 5.41) is 14.7. The van der Waals surface area contributed by atoms with Gasteiger partial charge in [0.1, 0.15) is 0 Å². The highest BCUT2D eigenvalue weighted by atomic mass is 32.1. The molecule has 2 heterocycles. The second kappa shape index (κ2) is 17.6. The highest BCUT2D eigenvalue weighted by Crippen LogP contribution is 2.53. The molecular formula is C72H46N2S. The van der Waals surface area contributed by atoms with E-state index in [2.05, 4.69) is 289 Å². The predicted molar refractivity (Wildman–Crippen MR) is 324 cm³/mol. The van der Waals surface area contributed by atoms with Gasteiger partial charge in [-0.05, 0) is 143 Å². The van der Waals surface area contributed by atoms with E-state index in [0.29, 0.717) is 0 Å². The lowest BCUT2D eigenvalue weighted by molar-refractivity contribution is 1.29. The molecule has 1 aliphatic heterocycles. The molecule has 0 spiro atoms. The van der Waals surface area contributed by atoms with Crippen LogP contribution < -0.4 is 9.80 Å². The Hall–Kier alpha value is -9.54. The van der Waals surface area contributed by atoms with E-state index in [9.17, 15) is 0 Å². The van der Waals surface area contributed by atoms with Gasteiger partial charge < -0.3 is 9.80 Å². The van der Waals surface area contributed by atoms with Crippen LogP contribution in [0.2, 0.25) is 0 Å². The fourth-order valence-electron chi connectivity index (χ4n) is 12.1. The number of hydrogen-bond acceptors (Lipinski definition) is 3. The van der Waals surface area contributed by atoms with Crippen LogP contribution in [-0.4, -0.2) is 0 Å². The van der Waals surface area contributed by atoms with Gasteiger partial charge >= 0.3 is 0 Å². The molecular weight excluding hydrogens is 925 g/mol. The number of para-hydroxylation sites is 4. The first-order valence-electron chi connectivity index (χ1n) is 25.7. The number of benzene rings is 12. The fraction of sp³-hybridized carbons (Fsp3) is 0. The van der Waals surface area contributed by atoms with Crippen molar-refractivity contribution >= 4 is 119 Å². The van der Waals surface area contributed by atoms with Gasteiger partial charge in [0.25, 0.3) is 0 Å². The minimum atomic E-state index is 1.06. The molecule has 0 radical (unpaired) electrons. The molecule has 75 heavy (non-hydrogen) atoms. The molecule has 1 aromatic heterocycles. The second-order valence-electron chi connectivity index (χ2n) is 19.5. The summed E-state index contributed by atoms with van der Waals surface area (Å²) < 4.78 is 2.59. The predicted octanol–water partition coefficient (Wildman–Crippen LogP) is 21.2.